The molecule has 4 nitrogen and oxygen atoms in total. The Hall–Kier alpha value is -3.59. The van der Waals surface area contributed by atoms with Gasteiger partial charge >= 0.3 is 6.18 Å². The van der Waals surface area contributed by atoms with Crippen LogP contribution in [0.2, 0.25) is 0 Å². The molecule has 196 valence electrons. The number of allylic oxidation sites excluding steroid dienone is 5. The van der Waals surface area contributed by atoms with E-state index in [2.05, 4.69) is 10.3 Å². The first-order chi connectivity index (χ1) is 17.4. The molecule has 0 heterocycles. The average Bonchev–Trinajstić information content (AvgIpc) is 2.83. The van der Waals surface area contributed by atoms with Crippen molar-refractivity contribution in [1.82, 2.24) is 5.32 Å². The molecule has 0 aliphatic heterocycles. The molecule has 0 spiro atoms. The fourth-order valence-corrected chi connectivity index (χ4v) is 3.89. The second-order valence-corrected chi connectivity index (χ2v) is 8.99. The molecule has 0 fully saturated rings. The second kappa shape index (κ2) is 13.6. The zero-order valence-corrected chi connectivity index (χ0v) is 22.0. The molecule has 1 N–H and O–H groups in total. The number of alkyl halides is 3. The Morgan fingerprint density at radius 1 is 1.05 bits per heavy atom. The van der Waals surface area contributed by atoms with Gasteiger partial charge in [0.25, 0.3) is 0 Å². The number of rotatable bonds is 9. The summed E-state index contributed by atoms with van der Waals surface area (Å²) in [7, 11) is 3.80. The molecule has 2 rings (SSSR count). The molecule has 0 saturated carbocycles. The van der Waals surface area contributed by atoms with Crippen LogP contribution in [-0.2, 0) is 11.0 Å². The van der Waals surface area contributed by atoms with E-state index in [9.17, 15) is 22.4 Å². The van der Waals surface area contributed by atoms with Gasteiger partial charge in [-0.25, -0.2) is 9.38 Å². The Morgan fingerprint density at radius 3 is 2.30 bits per heavy atom. The number of carbonyl (C=O) groups excluding carboxylic acids is 1. The maximum atomic E-state index is 13.4. The minimum atomic E-state index is -4.48. The predicted molar refractivity (Wildman–Crippen MR) is 147 cm³/mol. The van der Waals surface area contributed by atoms with Gasteiger partial charge in [-0.2, -0.15) is 13.2 Å². The van der Waals surface area contributed by atoms with Crippen molar-refractivity contribution in [2.75, 3.05) is 25.3 Å². The molecule has 1 amide bonds. The van der Waals surface area contributed by atoms with Crippen LogP contribution in [0.15, 0.2) is 89.2 Å². The Bertz CT molecular complexity index is 1240. The number of anilines is 1. The van der Waals surface area contributed by atoms with Crippen molar-refractivity contribution in [3.8, 4) is 0 Å². The summed E-state index contributed by atoms with van der Waals surface area (Å²) in [5, 5.41) is 2.55. The van der Waals surface area contributed by atoms with Gasteiger partial charge in [-0.05, 0) is 61.6 Å². The normalized spacial score (nSPS) is 13.8. The van der Waals surface area contributed by atoms with Gasteiger partial charge in [-0.15, -0.1) is 11.8 Å². The molecule has 9 heteroatoms. The molecular weight excluding hydrogens is 502 g/mol. The first kappa shape index (κ1) is 29.6. The fourth-order valence-electron chi connectivity index (χ4n) is 3.16. The Balaban J connectivity index is 2.48. The van der Waals surface area contributed by atoms with Gasteiger partial charge in [0.05, 0.1) is 23.4 Å². The third kappa shape index (κ3) is 9.42. The van der Waals surface area contributed by atoms with Crippen LogP contribution in [-0.4, -0.2) is 32.6 Å². The minimum absolute atomic E-state index is 0.356. The number of nitrogens with one attached hydrogen (secondary N) is 1. The number of thioether (sulfide) groups is 1. The Labute approximate surface area is 219 Å². The van der Waals surface area contributed by atoms with Crippen molar-refractivity contribution >= 4 is 40.3 Å². The minimum Gasteiger partial charge on any atom is -0.378 e. The highest BCUT2D eigenvalue weighted by Crippen LogP contribution is 2.38. The molecular formula is C28H29F4N3OS. The summed E-state index contributed by atoms with van der Waals surface area (Å²) in [6, 6.07) is 12.4. The van der Waals surface area contributed by atoms with Crippen molar-refractivity contribution in [3.05, 3.63) is 101 Å². The highest BCUT2D eigenvalue weighted by atomic mass is 32.2. The number of hydrogen-bond acceptors (Lipinski definition) is 4. The van der Waals surface area contributed by atoms with Crippen molar-refractivity contribution < 1.29 is 22.4 Å². The molecule has 0 radical (unpaired) electrons. The highest BCUT2D eigenvalue weighted by molar-refractivity contribution is 8.07. The van der Waals surface area contributed by atoms with E-state index in [4.69, 9.17) is 0 Å². The first-order valence-electron chi connectivity index (χ1n) is 11.2. The maximum Gasteiger partial charge on any atom is 0.416 e. The lowest BCUT2D eigenvalue weighted by atomic mass is 10.1. The third-order valence-corrected chi connectivity index (χ3v) is 5.81. The predicted octanol–water partition coefficient (Wildman–Crippen LogP) is 7.48. The molecule has 0 aromatic heterocycles. The van der Waals surface area contributed by atoms with Crippen LogP contribution in [0.3, 0.4) is 0 Å². The number of aliphatic imine (C=N–C) groups is 1. The molecule has 0 atom stereocenters. The summed E-state index contributed by atoms with van der Waals surface area (Å²) in [6.45, 7) is 3.00. The number of carbonyl (C=O) groups is 1. The fraction of sp³-hybridized carbons (Fsp3) is 0.214. The van der Waals surface area contributed by atoms with Gasteiger partial charge in [0.2, 0.25) is 5.91 Å². The average molecular weight is 532 g/mol. The zero-order chi connectivity index (χ0) is 27.6. The topological polar surface area (TPSA) is 44.7 Å². The van der Waals surface area contributed by atoms with E-state index < -0.39 is 17.6 Å². The number of benzene rings is 2. The molecule has 2 aromatic carbocycles. The van der Waals surface area contributed by atoms with Gasteiger partial charge in [0.15, 0.2) is 0 Å². The van der Waals surface area contributed by atoms with Crippen LogP contribution >= 0.6 is 11.8 Å². The number of hydrogen-bond donors (Lipinski definition) is 1. The quantitative estimate of drug-likeness (QED) is 0.0911. The lowest BCUT2D eigenvalue weighted by molar-refractivity contribution is -0.137. The SMILES string of the molecule is CS/C(=C(\N=CNC(=O)/C=C(C)/C=C\C=C(/C)F)c1ccc(N(C)C)cc1)c1cccc(C(F)(F)F)c1. The lowest BCUT2D eigenvalue weighted by Crippen LogP contribution is -2.19. The summed E-state index contributed by atoms with van der Waals surface area (Å²) in [6.07, 6.45) is 4.14. The molecule has 0 saturated heterocycles. The van der Waals surface area contributed by atoms with Crippen LogP contribution in [0.5, 0.6) is 0 Å². The largest absolute Gasteiger partial charge is 0.416 e. The first-order valence-corrected chi connectivity index (χ1v) is 12.4. The van der Waals surface area contributed by atoms with E-state index in [0.29, 0.717) is 27.3 Å². The third-order valence-electron chi connectivity index (χ3n) is 4.97. The van der Waals surface area contributed by atoms with Crippen molar-refractivity contribution in [3.63, 3.8) is 0 Å². The van der Waals surface area contributed by atoms with Crippen LogP contribution in [0.25, 0.3) is 10.6 Å². The number of halogens is 4. The summed E-state index contributed by atoms with van der Waals surface area (Å²) < 4.78 is 52.9. The molecule has 0 aliphatic carbocycles. The van der Waals surface area contributed by atoms with E-state index >= 15 is 0 Å². The smallest absolute Gasteiger partial charge is 0.378 e. The van der Waals surface area contributed by atoms with Gasteiger partial charge in [0, 0.05) is 36.3 Å². The maximum absolute atomic E-state index is 13.4. The van der Waals surface area contributed by atoms with Gasteiger partial charge in [-0.1, -0.05) is 36.4 Å². The molecule has 0 bridgehead atoms. The van der Waals surface area contributed by atoms with Crippen LogP contribution in [0.1, 0.15) is 30.5 Å². The Kier molecular flexibility index (Phi) is 10.9. The lowest BCUT2D eigenvalue weighted by Gasteiger charge is -2.15. The molecule has 37 heavy (non-hydrogen) atoms. The highest BCUT2D eigenvalue weighted by Gasteiger charge is 2.30. The van der Waals surface area contributed by atoms with Crippen LogP contribution < -0.4 is 10.2 Å². The van der Waals surface area contributed by atoms with Crippen molar-refractivity contribution in [2.45, 2.75) is 20.0 Å². The van der Waals surface area contributed by atoms with Gasteiger partial charge in [0.1, 0.15) is 0 Å². The zero-order valence-electron chi connectivity index (χ0n) is 21.2. The standard InChI is InChI=1S/C28H29F4N3OS/c1-19(8-6-9-20(2)29)16-25(36)33-18-34-26(21-12-14-24(15-13-21)35(3)4)27(37-5)22-10-7-11-23(17-22)28(30,31)32/h6-18H,1-5H3,(H,33,34,36)/b8-6-,19-16+,20-9+,27-26-. The van der Waals surface area contributed by atoms with E-state index in [1.165, 1.54) is 49.3 Å². The van der Waals surface area contributed by atoms with E-state index in [1.807, 2.05) is 43.3 Å². The van der Waals surface area contributed by atoms with E-state index in [1.54, 1.807) is 25.3 Å². The summed E-state index contributed by atoms with van der Waals surface area (Å²) in [5.41, 5.74) is 2.20. The van der Waals surface area contributed by atoms with Crippen molar-refractivity contribution in [2.24, 2.45) is 4.99 Å². The summed E-state index contributed by atoms with van der Waals surface area (Å²) in [5.74, 6) is -0.817. The van der Waals surface area contributed by atoms with Crippen molar-refractivity contribution in [1.29, 1.82) is 0 Å². The van der Waals surface area contributed by atoms with E-state index in [0.717, 1.165) is 17.8 Å². The van der Waals surface area contributed by atoms with E-state index in [-0.39, 0.29) is 5.83 Å². The molecule has 0 aliphatic rings. The van der Waals surface area contributed by atoms with Gasteiger partial charge in [-0.3, -0.25) is 4.79 Å². The number of amides is 1. The molecule has 0 unspecified atom stereocenters. The van der Waals surface area contributed by atoms with Crippen LogP contribution in [0, 0.1) is 0 Å². The van der Waals surface area contributed by atoms with Gasteiger partial charge < -0.3 is 10.2 Å². The monoisotopic (exact) mass is 531 g/mol. The number of nitrogens with zero attached hydrogens (tertiary/aromatic N) is 2. The summed E-state index contributed by atoms with van der Waals surface area (Å²) in [4.78, 5) is 19.2. The Morgan fingerprint density at radius 2 is 1.73 bits per heavy atom. The molecule has 2 aromatic rings. The van der Waals surface area contributed by atoms with Crippen LogP contribution in [0.4, 0.5) is 23.2 Å². The second-order valence-electron chi connectivity index (χ2n) is 8.17. The summed E-state index contributed by atoms with van der Waals surface area (Å²) >= 11 is 1.25.